The summed E-state index contributed by atoms with van der Waals surface area (Å²) in [6.45, 7) is 1.80. The van der Waals surface area contributed by atoms with Gasteiger partial charge in [-0.15, -0.1) is 23.5 Å². The van der Waals surface area contributed by atoms with E-state index >= 15 is 0 Å². The molecule has 4 aliphatic rings. The molecule has 2 aromatic carbocycles. The summed E-state index contributed by atoms with van der Waals surface area (Å²) in [4.78, 5) is 46.9. The molecule has 280 valence electrons. The molecule has 14 heteroatoms. The molecule has 2 aromatic heterocycles. The average molecular weight is 794 g/mol. The van der Waals surface area contributed by atoms with Gasteiger partial charge < -0.3 is 31.2 Å². The number of halogens is 2. The molecule has 0 bridgehead atoms. The summed E-state index contributed by atoms with van der Waals surface area (Å²) in [5.74, 6) is -0.537. The average Bonchev–Trinajstić information content (AvgIpc) is 3.95. The van der Waals surface area contributed by atoms with Crippen LogP contribution in [-0.2, 0) is 9.59 Å². The van der Waals surface area contributed by atoms with Crippen molar-refractivity contribution in [2.45, 2.75) is 82.5 Å². The first-order valence-corrected chi connectivity index (χ1v) is 21.3. The molecule has 0 saturated heterocycles. The van der Waals surface area contributed by atoms with Gasteiger partial charge in [-0.3, -0.25) is 19.6 Å². The highest BCUT2D eigenvalue weighted by Crippen LogP contribution is 2.45. The van der Waals surface area contributed by atoms with Gasteiger partial charge in [0.05, 0.1) is 57.2 Å². The lowest BCUT2D eigenvalue weighted by Crippen LogP contribution is -2.57. The Balaban J connectivity index is 1.10. The number of primary amides is 1. The number of amides is 2. The number of aliphatic imine (C=N–C) groups is 2. The topological polar surface area (TPSA) is 144 Å². The van der Waals surface area contributed by atoms with E-state index < -0.39 is 29.3 Å². The van der Waals surface area contributed by atoms with Crippen molar-refractivity contribution in [3.8, 4) is 0 Å². The zero-order chi connectivity index (χ0) is 37.0. The number of nitrogens with two attached hydrogens (primary N) is 1. The standard InChI is InChI=1S/C39H46Cl2N8O2S2/c1-39(38(42)51,31-19-53-36(48-31)29-15-21-13-23(41)17-27(34(21)46-29)44-25-10-6-7-11-25)32(37(50)49(2)3)30-18-52-35(47-30)28-14-20-12-22(40)16-26(33(20)45-28)43-24-8-4-5-9-24/h12-17,24-25,30-32,43-46H,4-11,18-19H2,1-3H3,(H2,42,51). The van der Waals surface area contributed by atoms with Crippen molar-refractivity contribution in [3.63, 3.8) is 0 Å². The summed E-state index contributed by atoms with van der Waals surface area (Å²) in [5.41, 5.74) is 10.6. The van der Waals surface area contributed by atoms with Gasteiger partial charge in [0.25, 0.3) is 0 Å². The Bertz CT molecular complexity index is 2130. The van der Waals surface area contributed by atoms with Crippen molar-refractivity contribution >= 4 is 102 Å². The van der Waals surface area contributed by atoms with E-state index in [4.69, 9.17) is 38.9 Å². The lowest BCUT2D eigenvalue weighted by Gasteiger charge is -2.40. The van der Waals surface area contributed by atoms with Gasteiger partial charge in [-0.05, 0) is 69.0 Å². The second-order valence-corrected chi connectivity index (χ2v) is 18.3. The first-order valence-electron chi connectivity index (χ1n) is 18.6. The van der Waals surface area contributed by atoms with E-state index in [1.807, 2.05) is 24.3 Å². The predicted molar refractivity (Wildman–Crippen MR) is 223 cm³/mol. The number of nitrogens with zero attached hydrogens (tertiary/aromatic N) is 3. The van der Waals surface area contributed by atoms with Crippen LogP contribution in [0.25, 0.3) is 21.8 Å². The van der Waals surface area contributed by atoms with Crippen molar-refractivity contribution in [2.75, 3.05) is 36.2 Å². The lowest BCUT2D eigenvalue weighted by atomic mass is 9.67. The maximum atomic E-state index is 14.2. The SMILES string of the molecule is CN(C)C(=O)C(C1CSC(c2cc3cc(Cl)cc(NC4CCCC4)c3[nH]2)=N1)C(C)(C(N)=O)C1CSC(c2cc3cc(Cl)cc(NC4CCCC4)c3[nH]2)=N1. The largest absolute Gasteiger partial charge is 0.381 e. The van der Waals surface area contributed by atoms with Gasteiger partial charge in [-0.2, -0.15) is 0 Å². The van der Waals surface area contributed by atoms with E-state index in [9.17, 15) is 9.59 Å². The number of anilines is 2. The fourth-order valence-electron chi connectivity index (χ4n) is 8.61. The van der Waals surface area contributed by atoms with Crippen LogP contribution in [0.2, 0.25) is 10.0 Å². The normalized spacial score (nSPS) is 22.7. The summed E-state index contributed by atoms with van der Waals surface area (Å²) >= 11 is 16.3. The van der Waals surface area contributed by atoms with Gasteiger partial charge in [0, 0.05) is 58.5 Å². The Morgan fingerprint density at radius 3 is 1.79 bits per heavy atom. The maximum Gasteiger partial charge on any atom is 0.228 e. The number of thioether (sulfide) groups is 2. The molecule has 6 N–H and O–H groups in total. The molecule has 53 heavy (non-hydrogen) atoms. The van der Waals surface area contributed by atoms with E-state index in [0.29, 0.717) is 33.6 Å². The quantitative estimate of drug-likeness (QED) is 0.103. The monoisotopic (exact) mass is 792 g/mol. The van der Waals surface area contributed by atoms with Crippen molar-refractivity contribution in [2.24, 2.45) is 27.1 Å². The van der Waals surface area contributed by atoms with Crippen LogP contribution in [0.15, 0.2) is 46.4 Å². The van der Waals surface area contributed by atoms with Crippen LogP contribution < -0.4 is 16.4 Å². The van der Waals surface area contributed by atoms with Crippen molar-refractivity contribution in [1.29, 1.82) is 0 Å². The third-order valence-electron chi connectivity index (χ3n) is 11.6. The van der Waals surface area contributed by atoms with E-state index in [2.05, 4.69) is 32.7 Å². The molecular formula is C39H46Cl2N8O2S2. The van der Waals surface area contributed by atoms with Crippen molar-refractivity contribution < 1.29 is 9.59 Å². The number of carbonyl (C=O) groups is 2. The second kappa shape index (κ2) is 14.7. The molecule has 2 saturated carbocycles. The van der Waals surface area contributed by atoms with Crippen LogP contribution in [0.5, 0.6) is 0 Å². The van der Waals surface area contributed by atoms with Crippen LogP contribution in [0, 0.1) is 11.3 Å². The highest BCUT2D eigenvalue weighted by molar-refractivity contribution is 8.15. The molecule has 4 heterocycles. The zero-order valence-electron chi connectivity index (χ0n) is 30.2. The number of carbonyl (C=O) groups excluding carboxylic acids is 2. The highest BCUT2D eigenvalue weighted by atomic mass is 35.5. The fraction of sp³-hybridized carbons (Fsp3) is 0.487. The van der Waals surface area contributed by atoms with Crippen LogP contribution in [0.3, 0.4) is 0 Å². The molecule has 0 spiro atoms. The molecule has 2 fully saturated rings. The molecule has 2 amide bonds. The highest BCUT2D eigenvalue weighted by Gasteiger charge is 2.55. The van der Waals surface area contributed by atoms with E-state index in [0.717, 1.165) is 80.3 Å². The molecule has 8 rings (SSSR count). The third-order valence-corrected chi connectivity index (χ3v) is 14.2. The molecule has 10 nitrogen and oxygen atoms in total. The minimum Gasteiger partial charge on any atom is -0.381 e. The molecular weight excluding hydrogens is 748 g/mol. The molecule has 2 aliphatic heterocycles. The van der Waals surface area contributed by atoms with Gasteiger partial charge in [-0.1, -0.05) is 48.9 Å². The van der Waals surface area contributed by atoms with Crippen LogP contribution in [0.1, 0.15) is 69.7 Å². The smallest absolute Gasteiger partial charge is 0.228 e. The molecule has 4 aromatic rings. The van der Waals surface area contributed by atoms with Crippen molar-refractivity contribution in [3.05, 3.63) is 57.8 Å². The van der Waals surface area contributed by atoms with Crippen LogP contribution in [0.4, 0.5) is 11.4 Å². The van der Waals surface area contributed by atoms with Crippen LogP contribution >= 0.6 is 46.7 Å². The number of hydrogen-bond acceptors (Lipinski definition) is 8. The van der Waals surface area contributed by atoms with Gasteiger partial charge in [0.1, 0.15) is 10.1 Å². The Morgan fingerprint density at radius 1 is 0.811 bits per heavy atom. The summed E-state index contributed by atoms with van der Waals surface area (Å²) in [7, 11) is 3.43. The Kier molecular flexibility index (Phi) is 10.2. The maximum absolute atomic E-state index is 14.2. The van der Waals surface area contributed by atoms with E-state index in [1.165, 1.54) is 25.7 Å². The number of aromatic nitrogens is 2. The Labute approximate surface area is 328 Å². The number of nitrogens with one attached hydrogen (secondary N) is 4. The number of hydrogen-bond donors (Lipinski definition) is 5. The first kappa shape index (κ1) is 36.6. The van der Waals surface area contributed by atoms with Crippen molar-refractivity contribution in [1.82, 2.24) is 14.9 Å². The molecule has 4 unspecified atom stereocenters. The Hall–Kier alpha value is -3.32. The van der Waals surface area contributed by atoms with Gasteiger partial charge >= 0.3 is 0 Å². The summed E-state index contributed by atoms with van der Waals surface area (Å²) in [6, 6.07) is 11.8. The minimum atomic E-state index is -1.31. The van der Waals surface area contributed by atoms with E-state index in [-0.39, 0.29) is 5.91 Å². The number of rotatable bonds is 11. The Morgan fingerprint density at radius 2 is 1.30 bits per heavy atom. The second-order valence-electron chi connectivity index (χ2n) is 15.4. The molecule has 0 radical (unpaired) electrons. The summed E-state index contributed by atoms with van der Waals surface area (Å²) in [5, 5.41) is 12.3. The predicted octanol–water partition coefficient (Wildman–Crippen LogP) is 8.29. The third kappa shape index (κ3) is 7.05. The first-order chi connectivity index (χ1) is 25.5. The fourth-order valence-corrected chi connectivity index (χ4v) is 11.3. The summed E-state index contributed by atoms with van der Waals surface area (Å²) in [6.07, 6.45) is 9.49. The number of benzene rings is 2. The minimum absolute atomic E-state index is 0.190. The van der Waals surface area contributed by atoms with Gasteiger partial charge in [0.2, 0.25) is 11.8 Å². The molecule has 4 atom stereocenters. The summed E-state index contributed by atoms with van der Waals surface area (Å²) < 4.78 is 0. The zero-order valence-corrected chi connectivity index (χ0v) is 33.4. The molecule has 2 aliphatic carbocycles. The van der Waals surface area contributed by atoms with E-state index in [1.54, 1.807) is 49.4 Å². The van der Waals surface area contributed by atoms with Gasteiger partial charge in [-0.25, -0.2) is 0 Å². The number of fused-ring (bicyclic) bond motifs is 2. The lowest BCUT2D eigenvalue weighted by molar-refractivity contribution is -0.146. The number of H-pyrrole nitrogens is 2. The number of aromatic amines is 2. The van der Waals surface area contributed by atoms with Crippen LogP contribution in [-0.4, -0.2) is 86.5 Å². The van der Waals surface area contributed by atoms with Gasteiger partial charge in [0.15, 0.2) is 0 Å².